The Bertz CT molecular complexity index is 350. The zero-order valence-electron chi connectivity index (χ0n) is 10.2. The molecule has 0 saturated heterocycles. The lowest BCUT2D eigenvalue weighted by Gasteiger charge is -2.20. The van der Waals surface area contributed by atoms with Gasteiger partial charge in [-0.15, -0.1) is 23.1 Å². The first kappa shape index (κ1) is 13.5. The maximum atomic E-state index is 11.7. The van der Waals surface area contributed by atoms with Gasteiger partial charge >= 0.3 is 0 Å². The van der Waals surface area contributed by atoms with Crippen LogP contribution in [0, 0.1) is 6.92 Å². The fourth-order valence-corrected chi connectivity index (χ4v) is 2.66. The highest BCUT2D eigenvalue weighted by atomic mass is 32.2. The van der Waals surface area contributed by atoms with Crippen molar-refractivity contribution < 1.29 is 4.79 Å². The zero-order valence-corrected chi connectivity index (χ0v) is 11.8. The normalized spacial score (nSPS) is 10.8. The second kappa shape index (κ2) is 6.25. The van der Waals surface area contributed by atoms with E-state index in [9.17, 15) is 4.79 Å². The van der Waals surface area contributed by atoms with Gasteiger partial charge in [0.05, 0.1) is 16.5 Å². The van der Waals surface area contributed by atoms with Crippen molar-refractivity contribution in [3.05, 3.63) is 16.1 Å². The van der Waals surface area contributed by atoms with Crippen LogP contribution < -0.4 is 0 Å². The monoisotopic (exact) mass is 258 g/mol. The quantitative estimate of drug-likeness (QED) is 0.814. The van der Waals surface area contributed by atoms with Crippen LogP contribution in [0.1, 0.15) is 24.5 Å². The van der Waals surface area contributed by atoms with E-state index in [1.807, 2.05) is 27.8 Å². The number of nitrogens with zero attached hydrogens (tertiary/aromatic N) is 2. The van der Waals surface area contributed by atoms with Gasteiger partial charge in [0.2, 0.25) is 5.91 Å². The molecular formula is C11H18N2OS2. The number of hydrogen-bond donors (Lipinski definition) is 0. The van der Waals surface area contributed by atoms with E-state index in [0.29, 0.717) is 5.75 Å². The van der Waals surface area contributed by atoms with Gasteiger partial charge in [0.15, 0.2) is 0 Å². The van der Waals surface area contributed by atoms with Crippen LogP contribution in [-0.4, -0.2) is 34.6 Å². The van der Waals surface area contributed by atoms with E-state index < -0.39 is 0 Å². The first-order valence-electron chi connectivity index (χ1n) is 5.25. The van der Waals surface area contributed by atoms with E-state index in [4.69, 9.17) is 0 Å². The number of rotatable bonds is 5. The Hall–Kier alpha value is -0.550. The van der Waals surface area contributed by atoms with Crippen molar-refractivity contribution >= 4 is 29.0 Å². The van der Waals surface area contributed by atoms with Gasteiger partial charge < -0.3 is 4.90 Å². The maximum absolute atomic E-state index is 11.7. The van der Waals surface area contributed by atoms with Crippen LogP contribution in [0.2, 0.25) is 0 Å². The number of thioether (sulfide) groups is 1. The lowest BCUT2D eigenvalue weighted by atomic mass is 10.3. The van der Waals surface area contributed by atoms with Crippen LogP contribution in [-0.2, 0) is 10.5 Å². The SMILES string of the molecule is Cc1nc(CSCC(=O)N(C)C(C)C)cs1. The minimum Gasteiger partial charge on any atom is -0.343 e. The lowest BCUT2D eigenvalue weighted by molar-refractivity contribution is -0.128. The minimum atomic E-state index is 0.187. The standard InChI is InChI=1S/C11H18N2OS2/c1-8(2)13(4)11(14)7-15-5-10-6-16-9(3)12-10/h6,8H,5,7H2,1-4H3. The summed E-state index contributed by atoms with van der Waals surface area (Å²) < 4.78 is 0. The summed E-state index contributed by atoms with van der Waals surface area (Å²) in [5.74, 6) is 1.54. The maximum Gasteiger partial charge on any atom is 0.232 e. The molecule has 16 heavy (non-hydrogen) atoms. The van der Waals surface area contributed by atoms with E-state index in [2.05, 4.69) is 10.4 Å². The van der Waals surface area contributed by atoms with Gasteiger partial charge in [-0.05, 0) is 20.8 Å². The van der Waals surface area contributed by atoms with Crippen molar-refractivity contribution in [1.82, 2.24) is 9.88 Å². The molecule has 0 bridgehead atoms. The summed E-state index contributed by atoms with van der Waals surface area (Å²) in [5.41, 5.74) is 1.08. The molecule has 0 atom stereocenters. The van der Waals surface area contributed by atoms with Gasteiger partial charge in [0.25, 0.3) is 0 Å². The fourth-order valence-electron chi connectivity index (χ4n) is 1.11. The highest BCUT2D eigenvalue weighted by molar-refractivity contribution is 7.99. The second-order valence-electron chi connectivity index (χ2n) is 3.95. The Morgan fingerprint density at radius 1 is 1.62 bits per heavy atom. The summed E-state index contributed by atoms with van der Waals surface area (Å²) in [7, 11) is 1.85. The van der Waals surface area contributed by atoms with Crippen LogP contribution in [0.15, 0.2) is 5.38 Å². The number of carbonyl (C=O) groups is 1. The lowest BCUT2D eigenvalue weighted by Crippen LogP contribution is -2.34. The molecule has 3 nitrogen and oxygen atoms in total. The smallest absolute Gasteiger partial charge is 0.232 e. The van der Waals surface area contributed by atoms with E-state index in [0.717, 1.165) is 16.5 Å². The summed E-state index contributed by atoms with van der Waals surface area (Å²) in [6, 6.07) is 0.273. The number of hydrogen-bond acceptors (Lipinski definition) is 4. The zero-order chi connectivity index (χ0) is 12.1. The molecule has 0 unspecified atom stereocenters. The van der Waals surface area contributed by atoms with Crippen LogP contribution in [0.3, 0.4) is 0 Å². The molecule has 1 aromatic heterocycles. The molecule has 0 aliphatic carbocycles. The molecule has 0 fully saturated rings. The third-order valence-corrected chi connectivity index (χ3v) is 4.08. The van der Waals surface area contributed by atoms with Crippen molar-refractivity contribution in [1.29, 1.82) is 0 Å². The Kier molecular flexibility index (Phi) is 5.28. The highest BCUT2D eigenvalue weighted by Gasteiger charge is 2.11. The van der Waals surface area contributed by atoms with Crippen LogP contribution in [0.5, 0.6) is 0 Å². The Morgan fingerprint density at radius 3 is 2.81 bits per heavy atom. The molecule has 90 valence electrons. The van der Waals surface area contributed by atoms with Gasteiger partial charge in [0.1, 0.15) is 0 Å². The third-order valence-electron chi connectivity index (χ3n) is 2.31. The molecular weight excluding hydrogens is 240 g/mol. The molecule has 0 spiro atoms. The number of carbonyl (C=O) groups excluding carboxylic acids is 1. The Labute approximate surface area is 105 Å². The molecule has 0 saturated carbocycles. The molecule has 1 aromatic rings. The van der Waals surface area contributed by atoms with Crippen molar-refractivity contribution in [3.63, 3.8) is 0 Å². The number of amides is 1. The Balaban J connectivity index is 2.28. The molecule has 0 N–H and O–H groups in total. The van der Waals surface area contributed by atoms with E-state index in [1.54, 1.807) is 28.0 Å². The molecule has 5 heteroatoms. The van der Waals surface area contributed by atoms with Crippen molar-refractivity contribution in [3.8, 4) is 0 Å². The topological polar surface area (TPSA) is 33.2 Å². The molecule has 1 amide bonds. The number of thiazole rings is 1. The van der Waals surface area contributed by atoms with Gasteiger partial charge in [-0.2, -0.15) is 0 Å². The average Bonchev–Trinajstić information content (AvgIpc) is 2.62. The van der Waals surface area contributed by atoms with Gasteiger partial charge in [-0.1, -0.05) is 0 Å². The number of aromatic nitrogens is 1. The van der Waals surface area contributed by atoms with Crippen molar-refractivity contribution in [2.45, 2.75) is 32.6 Å². The first-order valence-corrected chi connectivity index (χ1v) is 7.28. The van der Waals surface area contributed by atoms with Gasteiger partial charge in [0, 0.05) is 24.2 Å². The van der Waals surface area contributed by atoms with Crippen molar-refractivity contribution in [2.75, 3.05) is 12.8 Å². The predicted octanol–water partition coefficient (Wildman–Crippen LogP) is 2.55. The Morgan fingerprint density at radius 2 is 2.31 bits per heavy atom. The van der Waals surface area contributed by atoms with Crippen molar-refractivity contribution in [2.24, 2.45) is 0 Å². The predicted molar refractivity (Wildman–Crippen MR) is 70.9 cm³/mol. The van der Waals surface area contributed by atoms with E-state index in [1.165, 1.54) is 0 Å². The third kappa shape index (κ3) is 4.14. The van der Waals surface area contributed by atoms with Crippen LogP contribution in [0.25, 0.3) is 0 Å². The number of aryl methyl sites for hydroxylation is 1. The summed E-state index contributed by atoms with van der Waals surface area (Å²) in [4.78, 5) is 17.8. The van der Waals surface area contributed by atoms with Gasteiger partial charge in [-0.25, -0.2) is 4.98 Å². The fraction of sp³-hybridized carbons (Fsp3) is 0.636. The average molecular weight is 258 g/mol. The van der Waals surface area contributed by atoms with Gasteiger partial charge in [-0.3, -0.25) is 4.79 Å². The molecule has 0 radical (unpaired) electrons. The highest BCUT2D eigenvalue weighted by Crippen LogP contribution is 2.15. The molecule has 0 aliphatic rings. The first-order chi connectivity index (χ1) is 7.50. The second-order valence-corrected chi connectivity index (χ2v) is 6.00. The summed E-state index contributed by atoms with van der Waals surface area (Å²) in [6.07, 6.45) is 0. The van der Waals surface area contributed by atoms with Crippen LogP contribution >= 0.6 is 23.1 Å². The minimum absolute atomic E-state index is 0.187. The van der Waals surface area contributed by atoms with E-state index in [-0.39, 0.29) is 11.9 Å². The van der Waals surface area contributed by atoms with E-state index >= 15 is 0 Å². The summed E-state index contributed by atoms with van der Waals surface area (Å²) in [6.45, 7) is 6.04. The molecule has 1 heterocycles. The van der Waals surface area contributed by atoms with Crippen LogP contribution in [0.4, 0.5) is 0 Å². The summed E-state index contributed by atoms with van der Waals surface area (Å²) in [5, 5.41) is 3.14. The summed E-state index contributed by atoms with van der Waals surface area (Å²) >= 11 is 3.28. The molecule has 1 rings (SSSR count). The molecule has 0 aliphatic heterocycles. The molecule has 0 aromatic carbocycles. The largest absolute Gasteiger partial charge is 0.343 e.